The van der Waals surface area contributed by atoms with Crippen molar-refractivity contribution in [2.45, 2.75) is 0 Å². The van der Waals surface area contributed by atoms with E-state index in [-0.39, 0.29) is 11.9 Å². The van der Waals surface area contributed by atoms with E-state index in [1.165, 1.54) is 7.05 Å². The summed E-state index contributed by atoms with van der Waals surface area (Å²) in [4.78, 5) is 23.3. The van der Waals surface area contributed by atoms with E-state index in [1.54, 1.807) is 48.5 Å². The SMILES string of the molecule is CNC(=O)Nc1cccc(NC(=O)c2ccc(Cl)cc2)c1. The average Bonchev–Trinajstić information content (AvgIpc) is 2.48. The molecule has 108 valence electrons. The lowest BCUT2D eigenvalue weighted by molar-refractivity contribution is 0.102. The monoisotopic (exact) mass is 303 g/mol. The topological polar surface area (TPSA) is 70.2 Å². The van der Waals surface area contributed by atoms with Crippen molar-refractivity contribution in [1.29, 1.82) is 0 Å². The van der Waals surface area contributed by atoms with Gasteiger partial charge in [-0.1, -0.05) is 17.7 Å². The summed E-state index contributed by atoms with van der Waals surface area (Å²) < 4.78 is 0. The molecular formula is C15H14ClN3O2. The zero-order valence-electron chi connectivity index (χ0n) is 11.3. The van der Waals surface area contributed by atoms with Gasteiger partial charge in [-0.15, -0.1) is 0 Å². The minimum Gasteiger partial charge on any atom is -0.341 e. The highest BCUT2D eigenvalue weighted by molar-refractivity contribution is 6.30. The number of carbonyl (C=O) groups excluding carboxylic acids is 2. The van der Waals surface area contributed by atoms with E-state index in [0.29, 0.717) is 22.0 Å². The van der Waals surface area contributed by atoms with E-state index in [9.17, 15) is 9.59 Å². The third-order valence-electron chi connectivity index (χ3n) is 2.71. The molecule has 21 heavy (non-hydrogen) atoms. The van der Waals surface area contributed by atoms with Crippen LogP contribution in [0.5, 0.6) is 0 Å². The second-order valence-corrected chi connectivity index (χ2v) is 4.68. The van der Waals surface area contributed by atoms with Crippen LogP contribution < -0.4 is 16.0 Å². The predicted octanol–water partition coefficient (Wildman–Crippen LogP) is 3.34. The maximum Gasteiger partial charge on any atom is 0.318 e. The zero-order chi connectivity index (χ0) is 15.2. The molecule has 0 spiro atoms. The van der Waals surface area contributed by atoms with Crippen LogP contribution in [0.3, 0.4) is 0 Å². The van der Waals surface area contributed by atoms with Gasteiger partial charge in [0.05, 0.1) is 0 Å². The Kier molecular flexibility index (Phi) is 4.79. The van der Waals surface area contributed by atoms with Gasteiger partial charge >= 0.3 is 6.03 Å². The second kappa shape index (κ2) is 6.76. The number of hydrogen-bond acceptors (Lipinski definition) is 2. The first-order valence-corrected chi connectivity index (χ1v) is 6.62. The van der Waals surface area contributed by atoms with Gasteiger partial charge in [-0.2, -0.15) is 0 Å². The number of nitrogens with one attached hydrogen (secondary N) is 3. The molecule has 5 nitrogen and oxygen atoms in total. The predicted molar refractivity (Wildman–Crippen MR) is 83.9 cm³/mol. The van der Waals surface area contributed by atoms with Crippen LogP contribution in [0, 0.1) is 0 Å². The van der Waals surface area contributed by atoms with Gasteiger partial charge in [0.1, 0.15) is 0 Å². The Labute approximate surface area is 127 Å². The fraction of sp³-hybridized carbons (Fsp3) is 0.0667. The summed E-state index contributed by atoms with van der Waals surface area (Å²) >= 11 is 5.78. The molecule has 0 aromatic heterocycles. The van der Waals surface area contributed by atoms with Crippen LogP contribution in [0.2, 0.25) is 5.02 Å². The van der Waals surface area contributed by atoms with Gasteiger partial charge in [0.2, 0.25) is 0 Å². The Balaban J connectivity index is 2.08. The van der Waals surface area contributed by atoms with Gasteiger partial charge in [0.15, 0.2) is 0 Å². The van der Waals surface area contributed by atoms with Crippen molar-refractivity contribution in [1.82, 2.24) is 5.32 Å². The van der Waals surface area contributed by atoms with Gasteiger partial charge in [0.25, 0.3) is 5.91 Å². The number of hydrogen-bond donors (Lipinski definition) is 3. The normalized spacial score (nSPS) is 9.81. The minimum atomic E-state index is -0.323. The maximum atomic E-state index is 12.1. The minimum absolute atomic E-state index is 0.247. The molecule has 2 aromatic carbocycles. The standard InChI is InChI=1S/C15H14ClN3O2/c1-17-15(21)19-13-4-2-3-12(9-13)18-14(20)10-5-7-11(16)8-6-10/h2-9H,1H3,(H,18,20)(H2,17,19,21). The van der Waals surface area contributed by atoms with Gasteiger partial charge in [-0.3, -0.25) is 4.79 Å². The van der Waals surface area contributed by atoms with Gasteiger partial charge < -0.3 is 16.0 Å². The molecule has 0 fully saturated rings. The number of anilines is 2. The van der Waals surface area contributed by atoms with Crippen LogP contribution in [0.25, 0.3) is 0 Å². The van der Waals surface area contributed by atoms with Crippen LogP contribution in [-0.4, -0.2) is 19.0 Å². The summed E-state index contributed by atoms with van der Waals surface area (Å²) in [6.07, 6.45) is 0. The Hall–Kier alpha value is -2.53. The Morgan fingerprint density at radius 2 is 1.57 bits per heavy atom. The number of rotatable bonds is 3. The van der Waals surface area contributed by atoms with Crippen molar-refractivity contribution in [2.75, 3.05) is 17.7 Å². The van der Waals surface area contributed by atoms with Crippen LogP contribution in [0.4, 0.5) is 16.2 Å². The first kappa shape index (κ1) is 14.9. The Bertz CT molecular complexity index is 656. The van der Waals surface area contributed by atoms with Crippen LogP contribution in [-0.2, 0) is 0 Å². The van der Waals surface area contributed by atoms with Crippen molar-refractivity contribution in [3.8, 4) is 0 Å². The highest BCUT2D eigenvalue weighted by atomic mass is 35.5. The fourth-order valence-corrected chi connectivity index (χ4v) is 1.80. The van der Waals surface area contributed by atoms with Crippen LogP contribution >= 0.6 is 11.6 Å². The molecule has 0 aliphatic rings. The number of carbonyl (C=O) groups is 2. The number of amides is 3. The smallest absolute Gasteiger partial charge is 0.318 e. The zero-order valence-corrected chi connectivity index (χ0v) is 12.1. The third kappa shape index (κ3) is 4.22. The second-order valence-electron chi connectivity index (χ2n) is 4.25. The van der Waals surface area contributed by atoms with Crippen molar-refractivity contribution in [2.24, 2.45) is 0 Å². The highest BCUT2D eigenvalue weighted by Gasteiger charge is 2.06. The summed E-state index contributed by atoms with van der Waals surface area (Å²) in [6.45, 7) is 0. The first-order chi connectivity index (χ1) is 10.1. The molecule has 6 heteroatoms. The molecule has 0 saturated carbocycles. The quantitative estimate of drug-likeness (QED) is 0.814. The molecule has 0 unspecified atom stereocenters. The Morgan fingerprint density at radius 1 is 0.952 bits per heavy atom. The first-order valence-electron chi connectivity index (χ1n) is 6.24. The molecule has 0 heterocycles. The largest absolute Gasteiger partial charge is 0.341 e. The third-order valence-corrected chi connectivity index (χ3v) is 2.96. The lowest BCUT2D eigenvalue weighted by Crippen LogP contribution is -2.24. The van der Waals surface area contributed by atoms with Crippen molar-refractivity contribution in [3.63, 3.8) is 0 Å². The molecule has 0 aliphatic carbocycles. The number of halogens is 1. The summed E-state index contributed by atoms with van der Waals surface area (Å²) in [5, 5.41) is 8.42. The molecule has 0 saturated heterocycles. The molecule has 0 radical (unpaired) electrons. The van der Waals surface area contributed by atoms with Crippen molar-refractivity contribution >= 4 is 34.9 Å². The van der Waals surface area contributed by atoms with Crippen molar-refractivity contribution < 1.29 is 9.59 Å². The van der Waals surface area contributed by atoms with E-state index in [4.69, 9.17) is 11.6 Å². The number of benzene rings is 2. The number of urea groups is 1. The molecular weight excluding hydrogens is 290 g/mol. The molecule has 0 aliphatic heterocycles. The summed E-state index contributed by atoms with van der Waals surface area (Å²) in [5.41, 5.74) is 1.68. The lowest BCUT2D eigenvalue weighted by Gasteiger charge is -2.08. The van der Waals surface area contributed by atoms with E-state index >= 15 is 0 Å². The highest BCUT2D eigenvalue weighted by Crippen LogP contribution is 2.17. The summed E-state index contributed by atoms with van der Waals surface area (Å²) in [5.74, 6) is -0.247. The molecule has 2 rings (SSSR count). The average molecular weight is 304 g/mol. The van der Waals surface area contributed by atoms with Crippen LogP contribution in [0.15, 0.2) is 48.5 Å². The molecule has 3 N–H and O–H groups in total. The van der Waals surface area contributed by atoms with Gasteiger partial charge in [-0.05, 0) is 42.5 Å². The van der Waals surface area contributed by atoms with Crippen molar-refractivity contribution in [3.05, 3.63) is 59.1 Å². The maximum absolute atomic E-state index is 12.1. The summed E-state index contributed by atoms with van der Waals surface area (Å²) in [7, 11) is 1.53. The lowest BCUT2D eigenvalue weighted by atomic mass is 10.2. The molecule has 0 bridgehead atoms. The van der Waals surface area contributed by atoms with Gasteiger partial charge in [-0.25, -0.2) is 4.79 Å². The molecule has 3 amide bonds. The van der Waals surface area contributed by atoms with E-state index < -0.39 is 0 Å². The van der Waals surface area contributed by atoms with Gasteiger partial charge in [0, 0.05) is 29.0 Å². The molecule has 0 atom stereocenters. The van der Waals surface area contributed by atoms with E-state index in [1.807, 2.05) is 0 Å². The van der Waals surface area contributed by atoms with E-state index in [0.717, 1.165) is 0 Å². The summed E-state index contributed by atoms with van der Waals surface area (Å²) in [6, 6.07) is 13.1. The fourth-order valence-electron chi connectivity index (χ4n) is 1.67. The molecule has 2 aromatic rings. The van der Waals surface area contributed by atoms with Crippen LogP contribution in [0.1, 0.15) is 10.4 Å². The Morgan fingerprint density at radius 3 is 2.19 bits per heavy atom. The van der Waals surface area contributed by atoms with E-state index in [2.05, 4.69) is 16.0 Å².